The highest BCUT2D eigenvalue weighted by atomic mass is 32.2. The molecule has 0 spiro atoms. The summed E-state index contributed by atoms with van der Waals surface area (Å²) in [6, 6.07) is 8.01. The third-order valence-electron chi connectivity index (χ3n) is 3.77. The van der Waals surface area contributed by atoms with Gasteiger partial charge in [-0.25, -0.2) is 8.42 Å². The molecule has 0 aliphatic carbocycles. The van der Waals surface area contributed by atoms with Crippen molar-refractivity contribution in [2.24, 2.45) is 5.92 Å². The minimum Gasteiger partial charge on any atom is -0.345 e. The Morgan fingerprint density at radius 3 is 2.50 bits per heavy atom. The SMILES string of the molecule is Cc1ccc(NC(=S)N(CC(C)C)[C@@H]2CCS(=O)(=O)C2)cc1. The summed E-state index contributed by atoms with van der Waals surface area (Å²) in [7, 11) is -2.92. The van der Waals surface area contributed by atoms with E-state index in [9.17, 15) is 8.42 Å². The predicted molar refractivity (Wildman–Crippen MR) is 96.0 cm³/mol. The molecule has 0 saturated carbocycles. The molecular weight excluding hydrogens is 316 g/mol. The number of nitrogens with zero attached hydrogens (tertiary/aromatic N) is 1. The minimum atomic E-state index is -2.92. The summed E-state index contributed by atoms with van der Waals surface area (Å²) < 4.78 is 23.5. The molecule has 1 aromatic rings. The highest BCUT2D eigenvalue weighted by Gasteiger charge is 2.33. The molecule has 0 unspecified atom stereocenters. The van der Waals surface area contributed by atoms with Crippen LogP contribution in [0.1, 0.15) is 25.8 Å². The van der Waals surface area contributed by atoms with Gasteiger partial charge in [0.25, 0.3) is 0 Å². The smallest absolute Gasteiger partial charge is 0.173 e. The largest absolute Gasteiger partial charge is 0.345 e. The number of hydrogen-bond donors (Lipinski definition) is 1. The van der Waals surface area contributed by atoms with Gasteiger partial charge >= 0.3 is 0 Å². The van der Waals surface area contributed by atoms with Gasteiger partial charge in [0.2, 0.25) is 0 Å². The van der Waals surface area contributed by atoms with Crippen molar-refractivity contribution in [3.05, 3.63) is 29.8 Å². The van der Waals surface area contributed by atoms with Gasteiger partial charge in [-0.15, -0.1) is 0 Å². The van der Waals surface area contributed by atoms with E-state index in [1.54, 1.807) is 0 Å². The van der Waals surface area contributed by atoms with E-state index in [2.05, 4.69) is 19.2 Å². The van der Waals surface area contributed by atoms with Crippen molar-refractivity contribution in [2.45, 2.75) is 33.2 Å². The molecule has 1 aliphatic rings. The maximum atomic E-state index is 11.8. The molecule has 2 rings (SSSR count). The molecule has 0 bridgehead atoms. The van der Waals surface area contributed by atoms with Gasteiger partial charge in [0, 0.05) is 18.3 Å². The van der Waals surface area contributed by atoms with Crippen molar-refractivity contribution in [1.29, 1.82) is 0 Å². The molecule has 1 fully saturated rings. The molecule has 1 aliphatic heterocycles. The number of anilines is 1. The Kier molecular flexibility index (Phi) is 5.45. The van der Waals surface area contributed by atoms with Crippen LogP contribution >= 0.6 is 12.2 Å². The topological polar surface area (TPSA) is 49.4 Å². The first-order chi connectivity index (χ1) is 10.3. The normalized spacial score (nSPS) is 20.1. The second-order valence-corrected chi connectivity index (χ2v) is 9.01. The molecule has 1 aromatic carbocycles. The zero-order valence-corrected chi connectivity index (χ0v) is 15.0. The van der Waals surface area contributed by atoms with Crippen molar-refractivity contribution in [1.82, 2.24) is 4.90 Å². The predicted octanol–water partition coefficient (Wildman–Crippen LogP) is 2.84. The van der Waals surface area contributed by atoms with E-state index in [0.717, 1.165) is 12.2 Å². The quantitative estimate of drug-likeness (QED) is 0.854. The first kappa shape index (κ1) is 17.2. The van der Waals surface area contributed by atoms with Crippen LogP contribution in [0, 0.1) is 12.8 Å². The summed E-state index contributed by atoms with van der Waals surface area (Å²) in [5, 5.41) is 3.85. The monoisotopic (exact) mass is 340 g/mol. The summed E-state index contributed by atoms with van der Waals surface area (Å²) in [4.78, 5) is 2.05. The van der Waals surface area contributed by atoms with Crippen LogP contribution in [-0.4, -0.2) is 42.5 Å². The molecule has 1 N–H and O–H groups in total. The van der Waals surface area contributed by atoms with Crippen LogP contribution in [0.4, 0.5) is 5.69 Å². The van der Waals surface area contributed by atoms with Gasteiger partial charge < -0.3 is 10.2 Å². The summed E-state index contributed by atoms with van der Waals surface area (Å²) >= 11 is 5.54. The number of benzene rings is 1. The average molecular weight is 341 g/mol. The van der Waals surface area contributed by atoms with Crippen LogP contribution in [0.15, 0.2) is 24.3 Å². The summed E-state index contributed by atoms with van der Waals surface area (Å²) in [5.74, 6) is 0.885. The second-order valence-electron chi connectivity index (χ2n) is 6.40. The van der Waals surface area contributed by atoms with Crippen LogP contribution in [-0.2, 0) is 9.84 Å². The molecule has 1 atom stereocenters. The number of thiocarbonyl (C=S) groups is 1. The highest BCUT2D eigenvalue weighted by molar-refractivity contribution is 7.91. The Labute approximate surface area is 138 Å². The van der Waals surface area contributed by atoms with Gasteiger partial charge in [-0.1, -0.05) is 31.5 Å². The van der Waals surface area contributed by atoms with E-state index < -0.39 is 9.84 Å². The lowest BCUT2D eigenvalue weighted by Gasteiger charge is -2.32. The molecule has 122 valence electrons. The van der Waals surface area contributed by atoms with Crippen LogP contribution < -0.4 is 5.32 Å². The molecule has 4 nitrogen and oxygen atoms in total. The van der Waals surface area contributed by atoms with E-state index in [1.807, 2.05) is 36.1 Å². The summed E-state index contributed by atoms with van der Waals surface area (Å²) in [6.07, 6.45) is 0.658. The minimum absolute atomic E-state index is 0.0159. The van der Waals surface area contributed by atoms with Crippen LogP contribution in [0.3, 0.4) is 0 Å². The van der Waals surface area contributed by atoms with Crippen molar-refractivity contribution in [3.8, 4) is 0 Å². The Hall–Kier alpha value is -1.14. The Morgan fingerprint density at radius 1 is 1.36 bits per heavy atom. The molecule has 0 aromatic heterocycles. The van der Waals surface area contributed by atoms with Crippen LogP contribution in [0.25, 0.3) is 0 Å². The van der Waals surface area contributed by atoms with Crippen molar-refractivity contribution in [2.75, 3.05) is 23.4 Å². The van der Waals surface area contributed by atoms with Gasteiger partial charge in [0.05, 0.1) is 11.5 Å². The van der Waals surface area contributed by atoms with Crippen LogP contribution in [0.5, 0.6) is 0 Å². The number of sulfone groups is 1. The van der Waals surface area contributed by atoms with Crippen molar-refractivity contribution in [3.63, 3.8) is 0 Å². The molecule has 0 radical (unpaired) electrons. The second kappa shape index (κ2) is 6.96. The van der Waals surface area contributed by atoms with Crippen molar-refractivity contribution >= 4 is 32.9 Å². The van der Waals surface area contributed by atoms with Gasteiger partial charge in [0.15, 0.2) is 14.9 Å². The lowest BCUT2D eigenvalue weighted by molar-refractivity contribution is 0.303. The molecule has 1 heterocycles. The fourth-order valence-electron chi connectivity index (χ4n) is 2.64. The summed E-state index contributed by atoms with van der Waals surface area (Å²) in [5.41, 5.74) is 2.13. The van der Waals surface area contributed by atoms with E-state index >= 15 is 0 Å². The highest BCUT2D eigenvalue weighted by Crippen LogP contribution is 2.20. The zero-order valence-electron chi connectivity index (χ0n) is 13.4. The maximum Gasteiger partial charge on any atom is 0.173 e. The lowest BCUT2D eigenvalue weighted by atomic mass is 10.1. The van der Waals surface area contributed by atoms with Gasteiger partial charge in [0.1, 0.15) is 0 Å². The third-order valence-corrected chi connectivity index (χ3v) is 5.86. The zero-order chi connectivity index (χ0) is 16.3. The molecule has 22 heavy (non-hydrogen) atoms. The third kappa shape index (κ3) is 4.68. The maximum absolute atomic E-state index is 11.8. The fourth-order valence-corrected chi connectivity index (χ4v) is 4.72. The molecular formula is C16H24N2O2S2. The Bertz CT molecular complexity index is 624. The van der Waals surface area contributed by atoms with E-state index in [4.69, 9.17) is 12.2 Å². The van der Waals surface area contributed by atoms with Crippen LogP contribution in [0.2, 0.25) is 0 Å². The van der Waals surface area contributed by atoms with Gasteiger partial charge in [-0.3, -0.25) is 0 Å². The summed E-state index contributed by atoms with van der Waals surface area (Å²) in [6.45, 7) is 7.03. The molecule has 6 heteroatoms. The number of nitrogens with one attached hydrogen (secondary N) is 1. The average Bonchev–Trinajstić information content (AvgIpc) is 2.78. The first-order valence-corrected chi connectivity index (χ1v) is 9.84. The number of rotatable bonds is 4. The van der Waals surface area contributed by atoms with E-state index in [1.165, 1.54) is 5.56 Å². The van der Waals surface area contributed by atoms with Crippen molar-refractivity contribution < 1.29 is 8.42 Å². The first-order valence-electron chi connectivity index (χ1n) is 7.61. The molecule has 0 amide bonds. The van der Waals surface area contributed by atoms with Gasteiger partial charge in [-0.2, -0.15) is 0 Å². The fraction of sp³-hybridized carbons (Fsp3) is 0.562. The molecule has 1 saturated heterocycles. The lowest BCUT2D eigenvalue weighted by Crippen LogP contribution is -2.45. The van der Waals surface area contributed by atoms with E-state index in [-0.39, 0.29) is 17.5 Å². The van der Waals surface area contributed by atoms with Gasteiger partial charge in [-0.05, 0) is 43.6 Å². The number of hydrogen-bond acceptors (Lipinski definition) is 3. The number of aryl methyl sites for hydroxylation is 1. The Balaban J connectivity index is 2.11. The Morgan fingerprint density at radius 2 is 2.00 bits per heavy atom. The van der Waals surface area contributed by atoms with E-state index in [0.29, 0.717) is 17.5 Å². The standard InChI is InChI=1S/C16H24N2O2S2/c1-12(2)10-18(15-8-9-22(19,20)11-15)16(21)17-14-6-4-13(3)5-7-14/h4-7,12,15H,8-11H2,1-3H3,(H,17,21)/t15-/m1/s1.